The lowest BCUT2D eigenvalue weighted by Gasteiger charge is -2.21. The molecule has 0 amide bonds. The van der Waals surface area contributed by atoms with Crippen molar-refractivity contribution < 1.29 is 0 Å². The number of rotatable bonds is 3. The molecule has 0 aliphatic heterocycles. The molecule has 0 bridgehead atoms. The van der Waals surface area contributed by atoms with Crippen LogP contribution in [0.15, 0.2) is 6.20 Å². The number of aromatic nitrogens is 2. The van der Waals surface area contributed by atoms with Gasteiger partial charge in [-0.3, -0.25) is 0 Å². The van der Waals surface area contributed by atoms with Crippen molar-refractivity contribution in [1.29, 1.82) is 0 Å². The Bertz CT molecular complexity index is 396. The van der Waals surface area contributed by atoms with E-state index in [1.165, 1.54) is 19.3 Å². The molecule has 0 radical (unpaired) electrons. The molecular weight excluding hydrogens is 236 g/mol. The number of nitrogens with one attached hydrogen (secondary N) is 1. The second-order valence-corrected chi connectivity index (χ2v) is 5.19. The van der Waals surface area contributed by atoms with Crippen molar-refractivity contribution in [2.24, 2.45) is 11.8 Å². The van der Waals surface area contributed by atoms with Gasteiger partial charge in [-0.1, -0.05) is 31.9 Å². The Hall–Kier alpha value is -1.03. The quantitative estimate of drug-likeness (QED) is 0.871. The average molecular weight is 255 g/mol. The van der Waals surface area contributed by atoms with Crippen molar-refractivity contribution in [1.82, 2.24) is 9.97 Å². The van der Waals surface area contributed by atoms with Gasteiger partial charge in [0.25, 0.3) is 0 Å². The number of hydrogen-bond donors (Lipinski definition) is 2. The first-order valence-electron chi connectivity index (χ1n) is 6.16. The minimum atomic E-state index is 0.259. The van der Waals surface area contributed by atoms with Crippen LogP contribution in [0.1, 0.15) is 33.1 Å². The van der Waals surface area contributed by atoms with Crippen LogP contribution in [0.25, 0.3) is 0 Å². The van der Waals surface area contributed by atoms with E-state index >= 15 is 0 Å². The van der Waals surface area contributed by atoms with E-state index in [-0.39, 0.29) is 5.95 Å². The van der Waals surface area contributed by atoms with Gasteiger partial charge >= 0.3 is 0 Å². The van der Waals surface area contributed by atoms with E-state index in [1.54, 1.807) is 6.20 Å². The van der Waals surface area contributed by atoms with E-state index in [0.29, 0.717) is 22.8 Å². The molecule has 4 nitrogen and oxygen atoms in total. The lowest BCUT2D eigenvalue weighted by atomic mass is 9.93. The molecule has 3 atom stereocenters. The molecule has 0 spiro atoms. The summed E-state index contributed by atoms with van der Waals surface area (Å²) >= 11 is 6.05. The predicted octanol–water partition coefficient (Wildman–Crippen LogP) is 2.95. The van der Waals surface area contributed by atoms with Gasteiger partial charge < -0.3 is 11.1 Å². The van der Waals surface area contributed by atoms with Gasteiger partial charge in [0, 0.05) is 6.04 Å². The summed E-state index contributed by atoms with van der Waals surface area (Å²) in [6.45, 7) is 4.54. The van der Waals surface area contributed by atoms with Gasteiger partial charge in [-0.05, 0) is 24.7 Å². The van der Waals surface area contributed by atoms with Crippen LogP contribution < -0.4 is 11.1 Å². The molecular formula is C12H19ClN4. The number of halogens is 1. The summed E-state index contributed by atoms with van der Waals surface area (Å²) in [6, 6.07) is 0.437. The maximum atomic E-state index is 6.05. The highest BCUT2D eigenvalue weighted by molar-refractivity contribution is 6.32. The predicted molar refractivity (Wildman–Crippen MR) is 71.0 cm³/mol. The Labute approximate surface area is 107 Å². The van der Waals surface area contributed by atoms with Gasteiger partial charge in [-0.25, -0.2) is 4.98 Å². The maximum Gasteiger partial charge on any atom is 0.222 e. The SMILES string of the molecule is CCC1CCC(Nc2nc(N)ncc2Cl)C1C. The lowest BCUT2D eigenvalue weighted by Crippen LogP contribution is -2.25. The zero-order valence-corrected chi connectivity index (χ0v) is 11.0. The molecule has 0 saturated heterocycles. The normalized spacial score (nSPS) is 28.3. The molecule has 3 N–H and O–H groups in total. The van der Waals surface area contributed by atoms with Gasteiger partial charge in [0.05, 0.1) is 6.20 Å². The third-order valence-corrected chi connectivity index (χ3v) is 4.11. The molecule has 0 aromatic carbocycles. The Morgan fingerprint density at radius 2 is 2.29 bits per heavy atom. The monoisotopic (exact) mass is 254 g/mol. The van der Waals surface area contributed by atoms with E-state index in [0.717, 1.165) is 5.92 Å². The van der Waals surface area contributed by atoms with Crippen LogP contribution in [0.3, 0.4) is 0 Å². The molecule has 94 valence electrons. The van der Waals surface area contributed by atoms with E-state index in [4.69, 9.17) is 17.3 Å². The first kappa shape index (κ1) is 12.4. The summed E-state index contributed by atoms with van der Waals surface area (Å²) in [6.07, 6.45) is 5.22. The molecule has 1 aliphatic rings. The van der Waals surface area contributed by atoms with Crippen LogP contribution in [-0.2, 0) is 0 Å². The third kappa shape index (κ3) is 2.63. The van der Waals surface area contributed by atoms with Gasteiger partial charge in [-0.15, -0.1) is 0 Å². The first-order valence-corrected chi connectivity index (χ1v) is 6.54. The second kappa shape index (κ2) is 5.08. The Kier molecular flexibility index (Phi) is 3.72. The van der Waals surface area contributed by atoms with E-state index < -0.39 is 0 Å². The highest BCUT2D eigenvalue weighted by atomic mass is 35.5. The topological polar surface area (TPSA) is 63.8 Å². The van der Waals surface area contributed by atoms with E-state index in [2.05, 4.69) is 29.1 Å². The number of hydrogen-bond acceptors (Lipinski definition) is 4. The highest BCUT2D eigenvalue weighted by Crippen LogP contribution is 2.36. The number of nitrogens with zero attached hydrogens (tertiary/aromatic N) is 2. The third-order valence-electron chi connectivity index (χ3n) is 3.84. The fourth-order valence-electron chi connectivity index (χ4n) is 2.69. The average Bonchev–Trinajstić information content (AvgIpc) is 2.65. The molecule has 1 aromatic heterocycles. The number of nitrogen functional groups attached to an aromatic ring is 1. The van der Waals surface area contributed by atoms with Crippen molar-refractivity contribution >= 4 is 23.4 Å². The largest absolute Gasteiger partial charge is 0.368 e. The lowest BCUT2D eigenvalue weighted by molar-refractivity contribution is 0.391. The van der Waals surface area contributed by atoms with Crippen LogP contribution >= 0.6 is 11.6 Å². The fraction of sp³-hybridized carbons (Fsp3) is 0.667. The van der Waals surface area contributed by atoms with Crippen LogP contribution in [0.2, 0.25) is 5.02 Å². The van der Waals surface area contributed by atoms with Crippen molar-refractivity contribution in [2.75, 3.05) is 11.1 Å². The zero-order chi connectivity index (χ0) is 12.4. The van der Waals surface area contributed by atoms with Crippen LogP contribution in [0, 0.1) is 11.8 Å². The Balaban J connectivity index is 2.09. The molecule has 3 unspecified atom stereocenters. The Morgan fingerprint density at radius 3 is 2.94 bits per heavy atom. The molecule has 2 rings (SSSR count). The smallest absolute Gasteiger partial charge is 0.222 e. The van der Waals surface area contributed by atoms with E-state index in [1.807, 2.05) is 0 Å². The van der Waals surface area contributed by atoms with Gasteiger partial charge in [-0.2, -0.15) is 4.98 Å². The first-order chi connectivity index (χ1) is 8.11. The van der Waals surface area contributed by atoms with Gasteiger partial charge in [0.1, 0.15) is 5.02 Å². The molecule has 5 heteroatoms. The number of nitrogens with two attached hydrogens (primary N) is 1. The van der Waals surface area contributed by atoms with Crippen molar-refractivity contribution in [2.45, 2.75) is 39.2 Å². The summed E-state index contributed by atoms with van der Waals surface area (Å²) in [4.78, 5) is 8.00. The standard InChI is InChI=1S/C12H19ClN4/c1-3-8-4-5-10(7(8)2)16-11-9(13)6-15-12(14)17-11/h6-8,10H,3-5H2,1-2H3,(H3,14,15,16,17). The summed E-state index contributed by atoms with van der Waals surface area (Å²) in [5.41, 5.74) is 5.57. The minimum Gasteiger partial charge on any atom is -0.368 e. The highest BCUT2D eigenvalue weighted by Gasteiger charge is 2.31. The summed E-state index contributed by atoms with van der Waals surface area (Å²) in [5, 5.41) is 3.93. The number of anilines is 2. The van der Waals surface area contributed by atoms with Crippen LogP contribution in [-0.4, -0.2) is 16.0 Å². The zero-order valence-electron chi connectivity index (χ0n) is 10.3. The van der Waals surface area contributed by atoms with Crippen molar-refractivity contribution in [3.05, 3.63) is 11.2 Å². The van der Waals surface area contributed by atoms with E-state index in [9.17, 15) is 0 Å². The summed E-state index contributed by atoms with van der Waals surface area (Å²) < 4.78 is 0. The van der Waals surface area contributed by atoms with Gasteiger partial charge in [0.2, 0.25) is 5.95 Å². The van der Waals surface area contributed by atoms with Crippen molar-refractivity contribution in [3.63, 3.8) is 0 Å². The summed E-state index contributed by atoms with van der Waals surface area (Å²) in [5.74, 6) is 2.36. The van der Waals surface area contributed by atoms with Crippen molar-refractivity contribution in [3.8, 4) is 0 Å². The molecule has 17 heavy (non-hydrogen) atoms. The molecule has 1 aliphatic carbocycles. The fourth-order valence-corrected chi connectivity index (χ4v) is 2.83. The minimum absolute atomic E-state index is 0.259. The summed E-state index contributed by atoms with van der Waals surface area (Å²) in [7, 11) is 0. The van der Waals surface area contributed by atoms with Gasteiger partial charge in [0.15, 0.2) is 5.82 Å². The van der Waals surface area contributed by atoms with Crippen LogP contribution in [0.4, 0.5) is 11.8 Å². The molecule has 1 aromatic rings. The second-order valence-electron chi connectivity index (χ2n) is 4.78. The maximum absolute atomic E-state index is 6.05. The molecule has 1 saturated carbocycles. The molecule has 1 heterocycles. The van der Waals surface area contributed by atoms with Crippen LogP contribution in [0.5, 0.6) is 0 Å². The Morgan fingerprint density at radius 1 is 1.53 bits per heavy atom. The molecule has 1 fully saturated rings.